The van der Waals surface area contributed by atoms with Gasteiger partial charge in [0.25, 0.3) is 0 Å². The van der Waals surface area contributed by atoms with Gasteiger partial charge in [-0.2, -0.15) is 0 Å². The van der Waals surface area contributed by atoms with E-state index in [1.165, 1.54) is 32.9 Å². The molecule has 2 unspecified atom stereocenters. The normalized spacial score (nSPS) is 26.5. The first-order valence-corrected chi connectivity index (χ1v) is 8.57. The topological polar surface area (TPSA) is 45.7 Å². The van der Waals surface area contributed by atoms with Gasteiger partial charge in [0, 0.05) is 30.6 Å². The lowest BCUT2D eigenvalue weighted by Gasteiger charge is -2.47. The van der Waals surface area contributed by atoms with Crippen molar-refractivity contribution in [3.05, 3.63) is 11.1 Å². The molecule has 0 saturated carbocycles. The van der Waals surface area contributed by atoms with Gasteiger partial charge in [-0.05, 0) is 26.3 Å². The van der Waals surface area contributed by atoms with Crippen LogP contribution >= 0.6 is 11.3 Å². The van der Waals surface area contributed by atoms with Crippen LogP contribution in [0.4, 0.5) is 5.13 Å². The van der Waals surface area contributed by atoms with Crippen molar-refractivity contribution in [2.75, 3.05) is 31.6 Å². The van der Waals surface area contributed by atoms with Crippen LogP contribution in [-0.2, 0) is 16.0 Å². The minimum absolute atomic E-state index is 0.225. The van der Waals surface area contributed by atoms with Crippen molar-refractivity contribution in [1.29, 1.82) is 0 Å². The number of esters is 1. The Morgan fingerprint density at radius 3 is 3.14 bits per heavy atom. The SMILES string of the molecule is COC(=O)Cc1csc(N2CC3CCCCN3CC2C)n1. The first kappa shape index (κ1) is 14.8. The predicted octanol–water partition coefficient (Wildman–Crippen LogP) is 1.92. The first-order valence-electron chi connectivity index (χ1n) is 7.69. The zero-order valence-corrected chi connectivity index (χ0v) is 13.6. The zero-order chi connectivity index (χ0) is 14.8. The maximum absolute atomic E-state index is 11.3. The fraction of sp³-hybridized carbons (Fsp3) is 0.733. The average molecular weight is 309 g/mol. The second kappa shape index (κ2) is 6.32. The molecule has 2 fully saturated rings. The Kier molecular flexibility index (Phi) is 4.45. The highest BCUT2D eigenvalue weighted by molar-refractivity contribution is 7.13. The minimum Gasteiger partial charge on any atom is -0.469 e. The molecule has 6 heteroatoms. The monoisotopic (exact) mass is 309 g/mol. The van der Waals surface area contributed by atoms with E-state index in [1.54, 1.807) is 11.3 Å². The molecular weight excluding hydrogens is 286 g/mol. The summed E-state index contributed by atoms with van der Waals surface area (Å²) in [4.78, 5) is 21.0. The molecule has 2 aliphatic heterocycles. The molecule has 21 heavy (non-hydrogen) atoms. The summed E-state index contributed by atoms with van der Waals surface area (Å²) in [5.41, 5.74) is 0.820. The summed E-state index contributed by atoms with van der Waals surface area (Å²) in [7, 11) is 1.42. The van der Waals surface area contributed by atoms with E-state index in [-0.39, 0.29) is 12.4 Å². The van der Waals surface area contributed by atoms with Crippen molar-refractivity contribution in [3.63, 3.8) is 0 Å². The number of carbonyl (C=O) groups is 1. The number of nitrogens with zero attached hydrogens (tertiary/aromatic N) is 3. The van der Waals surface area contributed by atoms with Gasteiger partial charge in [-0.25, -0.2) is 4.98 Å². The molecule has 1 aromatic heterocycles. The largest absolute Gasteiger partial charge is 0.469 e. The lowest BCUT2D eigenvalue weighted by atomic mass is 9.97. The fourth-order valence-electron chi connectivity index (χ4n) is 3.35. The summed E-state index contributed by atoms with van der Waals surface area (Å²) in [5.74, 6) is -0.225. The van der Waals surface area contributed by atoms with Crippen molar-refractivity contribution >= 4 is 22.4 Å². The number of hydrogen-bond acceptors (Lipinski definition) is 6. The van der Waals surface area contributed by atoms with Crippen LogP contribution in [0.5, 0.6) is 0 Å². The summed E-state index contributed by atoms with van der Waals surface area (Å²) in [6, 6.07) is 1.15. The number of piperazine rings is 1. The number of thiazole rings is 1. The Hall–Kier alpha value is -1.14. The Morgan fingerprint density at radius 1 is 1.48 bits per heavy atom. The van der Waals surface area contributed by atoms with E-state index >= 15 is 0 Å². The summed E-state index contributed by atoms with van der Waals surface area (Å²) in [6.07, 6.45) is 4.24. The Balaban J connectivity index is 1.69. The average Bonchev–Trinajstić information content (AvgIpc) is 2.94. The molecule has 2 saturated heterocycles. The summed E-state index contributed by atoms with van der Waals surface area (Å²) >= 11 is 1.64. The van der Waals surface area contributed by atoms with Crippen LogP contribution in [0.3, 0.4) is 0 Å². The number of hydrogen-bond donors (Lipinski definition) is 0. The highest BCUT2D eigenvalue weighted by Crippen LogP contribution is 2.30. The third kappa shape index (κ3) is 3.21. The molecule has 3 rings (SSSR count). The minimum atomic E-state index is -0.225. The van der Waals surface area contributed by atoms with Crippen LogP contribution in [0.1, 0.15) is 31.9 Å². The van der Waals surface area contributed by atoms with Crippen LogP contribution in [0.2, 0.25) is 0 Å². The van der Waals surface area contributed by atoms with Crippen LogP contribution in [0, 0.1) is 0 Å². The van der Waals surface area contributed by atoms with Gasteiger partial charge in [0.05, 0.1) is 19.2 Å². The molecule has 1 aromatic rings. The van der Waals surface area contributed by atoms with Gasteiger partial charge in [0.1, 0.15) is 0 Å². The van der Waals surface area contributed by atoms with E-state index in [1.807, 2.05) is 5.38 Å². The summed E-state index contributed by atoms with van der Waals surface area (Å²) < 4.78 is 4.71. The number of rotatable bonds is 3. The highest BCUT2D eigenvalue weighted by Gasteiger charge is 2.34. The molecule has 0 aromatic carbocycles. The number of ether oxygens (including phenoxy) is 1. The molecule has 0 amide bonds. The molecule has 5 nitrogen and oxygen atoms in total. The molecule has 2 aliphatic rings. The molecule has 3 heterocycles. The molecule has 116 valence electrons. The van der Waals surface area contributed by atoms with Crippen molar-refractivity contribution in [2.24, 2.45) is 0 Å². The van der Waals surface area contributed by atoms with Gasteiger partial charge in [-0.1, -0.05) is 6.42 Å². The standard InChI is InChI=1S/C15H23N3O2S/c1-11-8-17-6-4-3-5-13(17)9-18(11)15-16-12(10-21-15)7-14(19)20-2/h10-11,13H,3-9H2,1-2H3. The van der Waals surface area contributed by atoms with Crippen LogP contribution < -0.4 is 4.90 Å². The van der Waals surface area contributed by atoms with Crippen LogP contribution in [-0.4, -0.2) is 54.7 Å². The van der Waals surface area contributed by atoms with E-state index < -0.39 is 0 Å². The summed E-state index contributed by atoms with van der Waals surface area (Å²) in [6.45, 7) is 5.70. The number of piperidine rings is 1. The van der Waals surface area contributed by atoms with Gasteiger partial charge in [-0.3, -0.25) is 9.69 Å². The third-order valence-electron chi connectivity index (χ3n) is 4.53. The van der Waals surface area contributed by atoms with Crippen molar-refractivity contribution < 1.29 is 9.53 Å². The predicted molar refractivity (Wildman–Crippen MR) is 83.9 cm³/mol. The van der Waals surface area contributed by atoms with E-state index in [4.69, 9.17) is 4.74 Å². The molecule has 2 atom stereocenters. The van der Waals surface area contributed by atoms with Crippen molar-refractivity contribution in [3.8, 4) is 0 Å². The van der Waals surface area contributed by atoms with Gasteiger partial charge < -0.3 is 9.64 Å². The number of fused-ring (bicyclic) bond motifs is 1. The van der Waals surface area contributed by atoms with E-state index in [2.05, 4.69) is 21.7 Å². The van der Waals surface area contributed by atoms with E-state index in [0.29, 0.717) is 12.1 Å². The lowest BCUT2D eigenvalue weighted by Crippen LogP contribution is -2.58. The number of anilines is 1. The highest BCUT2D eigenvalue weighted by atomic mass is 32.1. The van der Waals surface area contributed by atoms with Gasteiger partial charge in [0.15, 0.2) is 5.13 Å². The van der Waals surface area contributed by atoms with Crippen LogP contribution in [0.25, 0.3) is 0 Å². The van der Waals surface area contributed by atoms with Crippen LogP contribution in [0.15, 0.2) is 5.38 Å². The quantitative estimate of drug-likeness (QED) is 0.798. The fourth-order valence-corrected chi connectivity index (χ4v) is 4.29. The molecule has 0 N–H and O–H groups in total. The Labute approximate surface area is 129 Å². The van der Waals surface area contributed by atoms with Crippen molar-refractivity contribution in [2.45, 2.75) is 44.7 Å². The Morgan fingerprint density at radius 2 is 2.33 bits per heavy atom. The second-order valence-corrected chi connectivity index (χ2v) is 6.86. The lowest BCUT2D eigenvalue weighted by molar-refractivity contribution is -0.139. The van der Waals surface area contributed by atoms with Crippen molar-refractivity contribution in [1.82, 2.24) is 9.88 Å². The number of aromatic nitrogens is 1. The van der Waals surface area contributed by atoms with E-state index in [0.717, 1.165) is 23.9 Å². The first-order chi connectivity index (χ1) is 10.2. The Bertz CT molecular complexity index is 505. The molecule has 0 aliphatic carbocycles. The van der Waals surface area contributed by atoms with E-state index in [9.17, 15) is 4.79 Å². The maximum Gasteiger partial charge on any atom is 0.311 e. The summed E-state index contributed by atoms with van der Waals surface area (Å²) in [5, 5.41) is 3.03. The van der Waals surface area contributed by atoms with Gasteiger partial charge in [-0.15, -0.1) is 11.3 Å². The maximum atomic E-state index is 11.3. The molecule has 0 spiro atoms. The smallest absolute Gasteiger partial charge is 0.311 e. The zero-order valence-electron chi connectivity index (χ0n) is 12.7. The molecule has 0 radical (unpaired) electrons. The third-order valence-corrected chi connectivity index (χ3v) is 5.45. The molecular formula is C15H23N3O2S. The number of carbonyl (C=O) groups excluding carboxylic acids is 1. The second-order valence-electron chi connectivity index (χ2n) is 6.02. The number of methoxy groups -OCH3 is 1. The van der Waals surface area contributed by atoms with Gasteiger partial charge >= 0.3 is 5.97 Å². The molecule has 0 bridgehead atoms. The van der Waals surface area contributed by atoms with Gasteiger partial charge in [0.2, 0.25) is 0 Å².